The fourth-order valence-electron chi connectivity index (χ4n) is 15.0. The van der Waals surface area contributed by atoms with Gasteiger partial charge in [-0.05, 0) is 125 Å². The number of fused-ring (bicyclic) bond motifs is 7. The molecule has 1 saturated heterocycles. The van der Waals surface area contributed by atoms with Crippen LogP contribution >= 0.6 is 0 Å². The highest BCUT2D eigenvalue weighted by molar-refractivity contribution is 5.89. The molecule has 0 radical (unpaired) electrons. The van der Waals surface area contributed by atoms with E-state index in [1.165, 1.54) is 37.6 Å². The van der Waals surface area contributed by atoms with E-state index in [9.17, 15) is 45.0 Å². The fourth-order valence-corrected chi connectivity index (χ4v) is 15.0. The Balaban J connectivity index is 1.14. The molecule has 15 heteroatoms. The first-order chi connectivity index (χ1) is 33.9. The molecule has 73 heavy (non-hydrogen) atoms. The molecule has 1 aliphatic heterocycles. The summed E-state index contributed by atoms with van der Waals surface area (Å²) >= 11 is 0. The number of aliphatic hydroxyl groups is 6. The minimum Gasteiger partial charge on any atom is -0.458 e. The lowest BCUT2D eigenvalue weighted by atomic mass is 9.34. The van der Waals surface area contributed by atoms with Gasteiger partial charge in [0.15, 0.2) is 12.4 Å². The predicted octanol–water partition coefficient (Wildman–Crippen LogP) is 7.29. The van der Waals surface area contributed by atoms with Crippen LogP contribution in [0.15, 0.2) is 60.3 Å². The molecule has 16 unspecified atom stereocenters. The summed E-state index contributed by atoms with van der Waals surface area (Å²) in [5.74, 6) is -1.64. The summed E-state index contributed by atoms with van der Waals surface area (Å²) in [6.45, 7) is 28.5. The number of rotatable bonds is 18. The Labute approximate surface area is 434 Å². The maximum atomic E-state index is 14.1. The maximum absolute atomic E-state index is 14.1. The summed E-state index contributed by atoms with van der Waals surface area (Å²) in [4.78, 5) is 40.2. The molecule has 6 aliphatic rings. The van der Waals surface area contributed by atoms with Crippen LogP contribution in [0.3, 0.4) is 0 Å². The van der Waals surface area contributed by atoms with Gasteiger partial charge in [0.2, 0.25) is 0 Å². The molecule has 6 N–H and O–H groups in total. The van der Waals surface area contributed by atoms with Crippen molar-refractivity contribution >= 4 is 17.9 Å². The summed E-state index contributed by atoms with van der Waals surface area (Å²) in [6, 6.07) is 0. The Morgan fingerprint density at radius 3 is 2.01 bits per heavy atom. The lowest BCUT2D eigenvalue weighted by molar-refractivity contribution is -0.314. The van der Waals surface area contributed by atoms with Gasteiger partial charge in [-0.25, -0.2) is 9.59 Å². The Hall–Kier alpha value is -3.25. The molecule has 4 saturated carbocycles. The van der Waals surface area contributed by atoms with Gasteiger partial charge >= 0.3 is 17.9 Å². The zero-order valence-electron chi connectivity index (χ0n) is 45.9. The minimum atomic E-state index is -1.67. The van der Waals surface area contributed by atoms with Crippen molar-refractivity contribution in [3.63, 3.8) is 0 Å². The molecule has 0 aromatic rings. The zero-order chi connectivity index (χ0) is 54.5. The van der Waals surface area contributed by atoms with Gasteiger partial charge in [0.05, 0.1) is 53.9 Å². The number of aliphatic hydroxyl groups excluding tert-OH is 5. The highest BCUT2D eigenvalue weighted by Crippen LogP contribution is 2.75. The third-order valence-electron chi connectivity index (χ3n) is 19.8. The molecule has 1 heterocycles. The van der Waals surface area contributed by atoms with Crippen molar-refractivity contribution in [3.8, 4) is 0 Å². The minimum absolute atomic E-state index is 0.00608. The molecule has 0 aromatic carbocycles. The molecule has 0 amide bonds. The van der Waals surface area contributed by atoms with E-state index < -0.39 is 96.3 Å². The zero-order valence-corrected chi connectivity index (χ0v) is 45.9. The van der Waals surface area contributed by atoms with Crippen molar-refractivity contribution in [2.24, 2.45) is 44.8 Å². The Bertz CT molecular complexity index is 2160. The summed E-state index contributed by atoms with van der Waals surface area (Å²) in [7, 11) is 1.84. The van der Waals surface area contributed by atoms with Gasteiger partial charge in [-0.1, -0.05) is 84.4 Å². The highest BCUT2D eigenvalue weighted by Gasteiger charge is 2.72. The van der Waals surface area contributed by atoms with Gasteiger partial charge in [-0.2, -0.15) is 0 Å². The smallest absolute Gasteiger partial charge is 0.336 e. The molecule has 17 atom stereocenters. The molecule has 412 valence electrons. The van der Waals surface area contributed by atoms with Crippen LogP contribution in [0.5, 0.6) is 0 Å². The van der Waals surface area contributed by atoms with Crippen LogP contribution in [0, 0.1) is 44.8 Å². The number of carbonyl (C=O) groups is 3. The van der Waals surface area contributed by atoms with Crippen LogP contribution in [0.2, 0.25) is 0 Å². The summed E-state index contributed by atoms with van der Waals surface area (Å²) in [5, 5.41) is 65.5. The molecule has 0 spiro atoms. The van der Waals surface area contributed by atoms with E-state index in [1.54, 1.807) is 19.9 Å². The van der Waals surface area contributed by atoms with Gasteiger partial charge in [-0.3, -0.25) is 4.79 Å². The fraction of sp³-hybridized carbons (Fsp3) is 0.776. The maximum Gasteiger partial charge on any atom is 0.336 e. The predicted molar refractivity (Wildman–Crippen MR) is 274 cm³/mol. The van der Waals surface area contributed by atoms with Crippen molar-refractivity contribution in [1.29, 1.82) is 0 Å². The van der Waals surface area contributed by atoms with Crippen LogP contribution in [0.25, 0.3) is 0 Å². The standard InChI is InChI=1S/C58H90O15/c1-15-53(9,67)25-17-19-37(33-60)49(66)71-47-34(3)69-50(46(64)45(47)63)73-54(10,16-2)26-18-20-36(32-59)48(65)70-44-31-58(72-35(4)61)39(29-51(44,5)6)38-21-22-41-55(11)27-24-43(68-14)52(7,8)40(55)23-28-56(41,12)57(38,13)30-42(58)62/h15-16,19-21,34,39-47,50,59-60,62-64,67H,1-2,17-18,22-33H2,3-14H3/b36-20+,37-19+/t34?,39?,40?,41?,42?,43?,44?,45?,46?,47?,50?,53?,54-,55?,56?,57?,58?/m1/s1. The van der Waals surface area contributed by atoms with Gasteiger partial charge < -0.3 is 59.1 Å². The second-order valence-electron chi connectivity index (χ2n) is 25.1. The monoisotopic (exact) mass is 1030 g/mol. The number of allylic oxidation sites excluding steroid dienone is 3. The quantitative estimate of drug-likeness (QED) is 0.0343. The van der Waals surface area contributed by atoms with E-state index in [4.69, 9.17) is 28.4 Å². The van der Waals surface area contributed by atoms with Crippen molar-refractivity contribution in [3.05, 3.63) is 60.3 Å². The largest absolute Gasteiger partial charge is 0.458 e. The van der Waals surface area contributed by atoms with Crippen LogP contribution in [0.1, 0.15) is 153 Å². The molecule has 5 aliphatic carbocycles. The molecular formula is C58H90O15. The van der Waals surface area contributed by atoms with Gasteiger partial charge in [0, 0.05) is 31.8 Å². The number of methoxy groups -OCH3 is 1. The van der Waals surface area contributed by atoms with Crippen LogP contribution < -0.4 is 0 Å². The second-order valence-corrected chi connectivity index (χ2v) is 25.1. The summed E-state index contributed by atoms with van der Waals surface area (Å²) in [6.07, 6.45) is 6.52. The SMILES string of the molecule is C=CC(C)(O)CC/C=C(\CO)C(=O)OC1C(C)OC(O[C@](C)(C=C)CC/C=C(\CO)C(=O)OC2CC3(OC(C)=O)C(O)CC4(C)C(=CCC5C6(C)CCC(OC)C(C)(C)C6CCC54C)C3CC2(C)C)C(O)C1O. The average Bonchev–Trinajstić information content (AvgIpc) is 3.30. The molecule has 0 aromatic heterocycles. The molecular weight excluding hydrogens is 937 g/mol. The number of carbonyl (C=O) groups excluding carboxylic acids is 3. The number of ether oxygens (including phenoxy) is 6. The van der Waals surface area contributed by atoms with E-state index in [1.807, 2.05) is 21.0 Å². The first-order valence-corrected chi connectivity index (χ1v) is 26.7. The lowest BCUT2D eigenvalue weighted by Gasteiger charge is -2.72. The molecule has 6 rings (SSSR count). The molecule has 5 fully saturated rings. The normalized spacial score (nSPS) is 40.6. The van der Waals surface area contributed by atoms with E-state index >= 15 is 0 Å². The Morgan fingerprint density at radius 1 is 0.822 bits per heavy atom. The molecule has 0 bridgehead atoms. The number of esters is 3. The third-order valence-corrected chi connectivity index (χ3v) is 19.8. The highest BCUT2D eigenvalue weighted by atomic mass is 16.7. The van der Waals surface area contributed by atoms with Gasteiger partial charge in [0.25, 0.3) is 0 Å². The Morgan fingerprint density at radius 2 is 1.44 bits per heavy atom. The summed E-state index contributed by atoms with van der Waals surface area (Å²) < 4.78 is 36.4. The van der Waals surface area contributed by atoms with Crippen molar-refractivity contribution < 1.29 is 73.4 Å². The topological polar surface area (TPSA) is 228 Å². The van der Waals surface area contributed by atoms with Crippen molar-refractivity contribution in [2.75, 3.05) is 20.3 Å². The van der Waals surface area contributed by atoms with Gasteiger partial charge in [-0.15, -0.1) is 13.2 Å². The van der Waals surface area contributed by atoms with Crippen molar-refractivity contribution in [2.45, 2.75) is 219 Å². The van der Waals surface area contributed by atoms with E-state index in [0.717, 1.165) is 32.1 Å². The number of hydrogen-bond donors (Lipinski definition) is 6. The van der Waals surface area contributed by atoms with Gasteiger partial charge in [0.1, 0.15) is 23.9 Å². The van der Waals surface area contributed by atoms with Crippen LogP contribution in [-0.2, 0) is 42.8 Å². The van der Waals surface area contributed by atoms with E-state index in [-0.39, 0.29) is 76.9 Å². The first kappa shape index (κ1) is 59.0. The third kappa shape index (κ3) is 10.9. The van der Waals surface area contributed by atoms with E-state index in [0.29, 0.717) is 24.7 Å². The van der Waals surface area contributed by atoms with Crippen LogP contribution in [0.4, 0.5) is 0 Å². The summed E-state index contributed by atoms with van der Waals surface area (Å²) in [5.41, 5.74) is -3.63. The number of hydrogen-bond acceptors (Lipinski definition) is 15. The van der Waals surface area contributed by atoms with E-state index in [2.05, 4.69) is 53.9 Å². The van der Waals surface area contributed by atoms with Crippen molar-refractivity contribution in [1.82, 2.24) is 0 Å². The van der Waals surface area contributed by atoms with Crippen LogP contribution in [-0.4, -0.2) is 135 Å². The Kier molecular flexibility index (Phi) is 17.5. The molecule has 15 nitrogen and oxygen atoms in total. The first-order valence-electron chi connectivity index (χ1n) is 26.7. The second kappa shape index (κ2) is 21.6. The lowest BCUT2D eigenvalue weighted by Crippen LogP contribution is -2.70. The average molecular weight is 1030 g/mol.